The molecule has 0 N–H and O–H groups in total. The summed E-state index contributed by atoms with van der Waals surface area (Å²) in [5.41, 5.74) is 1.04. The van der Waals surface area contributed by atoms with Crippen LogP contribution in [0.3, 0.4) is 0 Å². The van der Waals surface area contributed by atoms with Crippen LogP contribution in [0.25, 0.3) is 0 Å². The molecule has 1 aromatic carbocycles. The average molecular weight is 372 g/mol. The second-order valence-corrected chi connectivity index (χ2v) is 7.62. The maximum Gasteiger partial charge on any atom is 0.253 e. The van der Waals surface area contributed by atoms with E-state index in [0.29, 0.717) is 37.4 Å². The lowest BCUT2D eigenvalue weighted by molar-refractivity contribution is 0.0403. The van der Waals surface area contributed by atoms with Crippen molar-refractivity contribution in [1.82, 2.24) is 19.4 Å². The van der Waals surface area contributed by atoms with Crippen molar-refractivity contribution < 1.29 is 13.9 Å². The first-order valence-electron chi connectivity index (χ1n) is 9.34. The molecule has 0 unspecified atom stereocenters. The molecule has 2 aliphatic rings. The van der Waals surface area contributed by atoms with Crippen molar-refractivity contribution >= 4 is 5.91 Å². The van der Waals surface area contributed by atoms with Crippen LogP contribution in [0, 0.1) is 18.7 Å². The Morgan fingerprint density at radius 3 is 2.89 bits per heavy atom. The minimum Gasteiger partial charge on any atom is -0.379 e. The predicted octanol–water partition coefficient (Wildman–Crippen LogP) is 1.84. The molecule has 27 heavy (non-hydrogen) atoms. The summed E-state index contributed by atoms with van der Waals surface area (Å²) in [6.45, 7) is 5.83. The van der Waals surface area contributed by atoms with Gasteiger partial charge in [-0.05, 0) is 30.7 Å². The molecule has 2 fully saturated rings. The van der Waals surface area contributed by atoms with Gasteiger partial charge in [-0.25, -0.2) is 9.37 Å². The summed E-state index contributed by atoms with van der Waals surface area (Å²) in [6.07, 6.45) is 3.75. The number of amides is 1. The molecule has 144 valence electrons. The van der Waals surface area contributed by atoms with Crippen molar-refractivity contribution in [3.8, 4) is 0 Å². The Labute approximate surface area is 158 Å². The molecule has 6 nitrogen and oxygen atoms in total. The van der Waals surface area contributed by atoms with Crippen molar-refractivity contribution in [3.63, 3.8) is 0 Å². The minimum atomic E-state index is -0.283. The highest BCUT2D eigenvalue weighted by Gasteiger charge is 2.35. The van der Waals surface area contributed by atoms with Crippen LogP contribution in [0.15, 0.2) is 30.6 Å². The number of nitrogens with zero attached hydrogens (tertiary/aromatic N) is 4. The third-order valence-corrected chi connectivity index (χ3v) is 5.54. The average Bonchev–Trinajstić information content (AvgIpc) is 2.84. The van der Waals surface area contributed by atoms with Crippen LogP contribution in [-0.2, 0) is 18.3 Å². The van der Waals surface area contributed by atoms with Gasteiger partial charge in [-0.1, -0.05) is 0 Å². The summed E-state index contributed by atoms with van der Waals surface area (Å²) in [5, 5.41) is 0. The summed E-state index contributed by atoms with van der Waals surface area (Å²) in [7, 11) is 2.00. The number of ether oxygens (including phenoxy) is 1. The van der Waals surface area contributed by atoms with Gasteiger partial charge in [-0.2, -0.15) is 0 Å². The molecular formula is C20H25FN4O2. The van der Waals surface area contributed by atoms with E-state index in [1.807, 2.05) is 28.9 Å². The van der Waals surface area contributed by atoms with Crippen LogP contribution >= 0.6 is 0 Å². The quantitative estimate of drug-likeness (QED) is 0.825. The molecule has 0 spiro atoms. The third kappa shape index (κ3) is 3.75. The van der Waals surface area contributed by atoms with Gasteiger partial charge in [0, 0.05) is 50.6 Å². The van der Waals surface area contributed by atoms with Crippen LogP contribution in [0.4, 0.5) is 4.39 Å². The fourth-order valence-electron chi connectivity index (χ4n) is 3.98. The molecule has 2 saturated heterocycles. The van der Waals surface area contributed by atoms with Gasteiger partial charge in [0.25, 0.3) is 5.91 Å². The number of fused-ring (bicyclic) bond motifs is 3. The Balaban J connectivity index is 1.54. The number of aromatic nitrogens is 2. The van der Waals surface area contributed by atoms with Crippen molar-refractivity contribution in [2.45, 2.75) is 19.5 Å². The van der Waals surface area contributed by atoms with Crippen LogP contribution in [0.5, 0.6) is 0 Å². The third-order valence-electron chi connectivity index (χ3n) is 5.54. The first kappa shape index (κ1) is 18.1. The number of hydrogen-bond acceptors (Lipinski definition) is 4. The smallest absolute Gasteiger partial charge is 0.253 e. The zero-order valence-corrected chi connectivity index (χ0v) is 15.8. The topological polar surface area (TPSA) is 50.6 Å². The van der Waals surface area contributed by atoms with Gasteiger partial charge < -0.3 is 14.2 Å². The van der Waals surface area contributed by atoms with E-state index in [2.05, 4.69) is 9.88 Å². The summed E-state index contributed by atoms with van der Waals surface area (Å²) < 4.78 is 21.4. The van der Waals surface area contributed by atoms with Gasteiger partial charge >= 0.3 is 0 Å². The van der Waals surface area contributed by atoms with Crippen molar-refractivity contribution in [2.24, 2.45) is 13.0 Å². The lowest BCUT2D eigenvalue weighted by Gasteiger charge is -2.31. The molecule has 0 aliphatic carbocycles. The molecule has 7 heteroatoms. The molecule has 2 aromatic rings. The van der Waals surface area contributed by atoms with E-state index >= 15 is 0 Å². The Morgan fingerprint density at radius 2 is 2.15 bits per heavy atom. The minimum absolute atomic E-state index is 0.0335. The molecule has 0 radical (unpaired) electrons. The first-order valence-corrected chi connectivity index (χ1v) is 9.34. The number of hydrogen-bond donors (Lipinski definition) is 0. The zero-order chi connectivity index (χ0) is 19.0. The molecule has 2 bridgehead atoms. The maximum absolute atomic E-state index is 13.6. The molecule has 4 rings (SSSR count). The summed E-state index contributed by atoms with van der Waals surface area (Å²) in [5.74, 6) is 0.945. The van der Waals surface area contributed by atoms with Crippen molar-refractivity contribution in [1.29, 1.82) is 0 Å². The predicted molar refractivity (Wildman–Crippen MR) is 98.8 cm³/mol. The number of benzene rings is 1. The number of imidazole rings is 1. The van der Waals surface area contributed by atoms with E-state index in [0.717, 1.165) is 18.9 Å². The Kier molecular flexibility index (Phi) is 4.97. The standard InChI is InChI=1S/C20H25FN4O2/c1-14-7-16(3-4-18(14)21)20(26)25-9-15-8-24(17(10-25)13-27-12-15)11-19-22-5-6-23(19)2/h3-7,15,17H,8-13H2,1-2H3/t15-,17+/m1/s1. The second-order valence-electron chi connectivity index (χ2n) is 7.62. The largest absolute Gasteiger partial charge is 0.379 e. The van der Waals surface area contributed by atoms with E-state index < -0.39 is 0 Å². The lowest BCUT2D eigenvalue weighted by atomic mass is 10.1. The molecule has 2 aliphatic heterocycles. The van der Waals surface area contributed by atoms with Crippen LogP contribution in [0.1, 0.15) is 21.7 Å². The molecular weight excluding hydrogens is 347 g/mol. The summed E-state index contributed by atoms with van der Waals surface area (Å²) in [4.78, 5) is 21.8. The Hall–Kier alpha value is -2.25. The number of halogens is 1. The first-order chi connectivity index (χ1) is 13.0. The van der Waals surface area contributed by atoms with E-state index in [9.17, 15) is 9.18 Å². The van der Waals surface area contributed by atoms with Gasteiger partial charge in [0.05, 0.1) is 25.8 Å². The van der Waals surface area contributed by atoms with Gasteiger partial charge in [-0.3, -0.25) is 9.69 Å². The number of aryl methyl sites for hydroxylation is 2. The highest BCUT2D eigenvalue weighted by atomic mass is 19.1. The number of rotatable bonds is 3. The van der Waals surface area contributed by atoms with Gasteiger partial charge in [0.1, 0.15) is 11.6 Å². The van der Waals surface area contributed by atoms with Crippen LogP contribution in [0.2, 0.25) is 0 Å². The van der Waals surface area contributed by atoms with Gasteiger partial charge in [-0.15, -0.1) is 0 Å². The summed E-state index contributed by atoms with van der Waals surface area (Å²) >= 11 is 0. The highest BCUT2D eigenvalue weighted by Crippen LogP contribution is 2.23. The van der Waals surface area contributed by atoms with Gasteiger partial charge in [0.2, 0.25) is 0 Å². The fraction of sp³-hybridized carbons (Fsp3) is 0.500. The van der Waals surface area contributed by atoms with E-state index in [1.54, 1.807) is 19.1 Å². The lowest BCUT2D eigenvalue weighted by Crippen LogP contribution is -2.45. The molecule has 1 aromatic heterocycles. The summed E-state index contributed by atoms with van der Waals surface area (Å²) in [6, 6.07) is 4.71. The Morgan fingerprint density at radius 1 is 1.30 bits per heavy atom. The zero-order valence-electron chi connectivity index (χ0n) is 15.8. The number of carbonyl (C=O) groups excluding carboxylic acids is 1. The van der Waals surface area contributed by atoms with Crippen molar-refractivity contribution in [3.05, 3.63) is 53.4 Å². The monoisotopic (exact) mass is 372 g/mol. The fourth-order valence-corrected chi connectivity index (χ4v) is 3.98. The molecule has 2 atom stereocenters. The normalized spacial score (nSPS) is 23.3. The Bertz CT molecular complexity index is 837. The second kappa shape index (κ2) is 7.40. The SMILES string of the molecule is Cc1cc(C(=O)N2C[C@@H]3COC[C@H](C2)N(Cc2nccn2C)C3)ccc1F. The van der Waals surface area contributed by atoms with E-state index in [-0.39, 0.29) is 23.7 Å². The van der Waals surface area contributed by atoms with Crippen molar-refractivity contribution in [2.75, 3.05) is 32.8 Å². The van der Waals surface area contributed by atoms with E-state index in [1.165, 1.54) is 6.07 Å². The van der Waals surface area contributed by atoms with Gasteiger partial charge in [0.15, 0.2) is 0 Å². The van der Waals surface area contributed by atoms with Crippen LogP contribution in [-0.4, -0.2) is 64.1 Å². The molecule has 0 saturated carbocycles. The number of carbonyl (C=O) groups is 1. The van der Waals surface area contributed by atoms with E-state index in [4.69, 9.17) is 4.74 Å². The van der Waals surface area contributed by atoms with Crippen LogP contribution < -0.4 is 0 Å². The molecule has 3 heterocycles. The highest BCUT2D eigenvalue weighted by molar-refractivity contribution is 5.94. The molecule has 1 amide bonds. The maximum atomic E-state index is 13.6.